The van der Waals surface area contributed by atoms with Crippen molar-refractivity contribution in [2.24, 2.45) is 0 Å². The quantitative estimate of drug-likeness (QED) is 0.633. The highest BCUT2D eigenvalue weighted by Gasteiger charge is 2.22. The van der Waals surface area contributed by atoms with Crippen molar-refractivity contribution in [1.29, 1.82) is 0 Å². The summed E-state index contributed by atoms with van der Waals surface area (Å²) in [6.45, 7) is 8.68. The van der Waals surface area contributed by atoms with Gasteiger partial charge in [-0.25, -0.2) is 0 Å². The Labute approximate surface area is 170 Å². The maximum atomic E-state index is 12.4. The van der Waals surface area contributed by atoms with Gasteiger partial charge in [0.2, 0.25) is 5.91 Å². The number of ketones is 1. The Morgan fingerprint density at radius 2 is 1.71 bits per heavy atom. The number of benzene rings is 1. The zero-order chi connectivity index (χ0) is 19.9. The van der Waals surface area contributed by atoms with Crippen LogP contribution in [0.5, 0.6) is 5.75 Å². The van der Waals surface area contributed by atoms with E-state index < -0.39 is 0 Å². The fourth-order valence-electron chi connectivity index (χ4n) is 3.36. The molecule has 0 saturated carbocycles. The van der Waals surface area contributed by atoms with Gasteiger partial charge in [-0.3, -0.25) is 14.5 Å². The summed E-state index contributed by atoms with van der Waals surface area (Å²) in [7, 11) is 0. The van der Waals surface area contributed by atoms with Crippen molar-refractivity contribution in [1.82, 2.24) is 9.80 Å². The lowest BCUT2D eigenvalue weighted by Crippen LogP contribution is -2.48. The molecule has 0 bridgehead atoms. The minimum absolute atomic E-state index is 0.0700. The summed E-state index contributed by atoms with van der Waals surface area (Å²) < 4.78 is 5.48. The number of piperazine rings is 1. The van der Waals surface area contributed by atoms with Crippen molar-refractivity contribution in [3.05, 3.63) is 51.7 Å². The summed E-state index contributed by atoms with van der Waals surface area (Å²) in [5.41, 5.74) is 1.25. The Hall–Kier alpha value is -2.18. The van der Waals surface area contributed by atoms with Crippen LogP contribution in [0.25, 0.3) is 0 Å². The van der Waals surface area contributed by atoms with Crippen molar-refractivity contribution in [2.45, 2.75) is 33.2 Å². The van der Waals surface area contributed by atoms with Crippen LogP contribution >= 0.6 is 11.3 Å². The van der Waals surface area contributed by atoms with Gasteiger partial charge < -0.3 is 9.64 Å². The topological polar surface area (TPSA) is 49.9 Å². The van der Waals surface area contributed by atoms with E-state index in [9.17, 15) is 9.59 Å². The maximum Gasteiger partial charge on any atom is 0.223 e. The molecule has 1 aliphatic heterocycles. The molecule has 2 heterocycles. The van der Waals surface area contributed by atoms with Gasteiger partial charge in [0.05, 0.1) is 11.5 Å². The molecule has 0 atom stereocenters. The molecular weight excluding hydrogens is 372 g/mol. The molecule has 1 fully saturated rings. The number of rotatable bonds is 8. The minimum Gasteiger partial charge on any atom is -0.494 e. The molecule has 5 nitrogen and oxygen atoms in total. The first kappa shape index (κ1) is 20.6. The van der Waals surface area contributed by atoms with Gasteiger partial charge in [-0.15, -0.1) is 11.3 Å². The SMILES string of the molecule is CCOc1ccc(CN2CCN(C(=O)CCC(=O)c3ccc(C)s3)CC2)cc1. The van der Waals surface area contributed by atoms with Gasteiger partial charge in [0.1, 0.15) is 5.75 Å². The second-order valence-electron chi connectivity index (χ2n) is 7.07. The minimum atomic E-state index is 0.0700. The molecule has 0 radical (unpaired) electrons. The first-order chi connectivity index (χ1) is 13.5. The number of aryl methyl sites for hydroxylation is 1. The summed E-state index contributed by atoms with van der Waals surface area (Å²) in [6, 6.07) is 12.0. The lowest BCUT2D eigenvalue weighted by molar-refractivity contribution is -0.132. The third kappa shape index (κ3) is 5.66. The Morgan fingerprint density at radius 1 is 1.00 bits per heavy atom. The number of Topliss-reactive ketones (excluding diaryl/α,β-unsaturated/α-hetero) is 1. The first-order valence-electron chi connectivity index (χ1n) is 9.86. The molecule has 0 N–H and O–H groups in total. The smallest absolute Gasteiger partial charge is 0.223 e. The molecule has 0 spiro atoms. The first-order valence-corrected chi connectivity index (χ1v) is 10.7. The van der Waals surface area contributed by atoms with Crippen LogP contribution in [0.2, 0.25) is 0 Å². The number of nitrogens with zero attached hydrogens (tertiary/aromatic N) is 2. The molecule has 28 heavy (non-hydrogen) atoms. The molecular formula is C22H28N2O3S. The number of thiophene rings is 1. The highest BCUT2D eigenvalue weighted by molar-refractivity contribution is 7.14. The standard InChI is InChI=1S/C22H28N2O3S/c1-3-27-19-7-5-18(6-8-19)16-23-12-14-24(15-13-23)22(26)11-9-20(25)21-10-4-17(2)28-21/h4-8,10H,3,9,11-16H2,1-2H3. The predicted octanol–water partition coefficient (Wildman–Crippen LogP) is 3.76. The number of hydrogen-bond acceptors (Lipinski definition) is 5. The fourth-order valence-corrected chi connectivity index (χ4v) is 4.19. The van der Waals surface area contributed by atoms with Crippen molar-refractivity contribution in [2.75, 3.05) is 32.8 Å². The second kappa shape index (κ2) is 9.85. The number of amides is 1. The third-order valence-corrected chi connectivity index (χ3v) is 5.99. The summed E-state index contributed by atoms with van der Waals surface area (Å²) in [5.74, 6) is 1.05. The highest BCUT2D eigenvalue weighted by atomic mass is 32.1. The van der Waals surface area contributed by atoms with E-state index in [1.54, 1.807) is 0 Å². The van der Waals surface area contributed by atoms with Gasteiger partial charge in [0.15, 0.2) is 5.78 Å². The van der Waals surface area contributed by atoms with E-state index in [-0.39, 0.29) is 11.7 Å². The van der Waals surface area contributed by atoms with Gasteiger partial charge in [0, 0.05) is 50.4 Å². The summed E-state index contributed by atoms with van der Waals surface area (Å²) in [4.78, 5) is 30.8. The number of carbonyl (C=O) groups is 2. The van der Waals surface area contributed by atoms with Gasteiger partial charge in [-0.2, -0.15) is 0 Å². The zero-order valence-electron chi connectivity index (χ0n) is 16.6. The van der Waals surface area contributed by atoms with Crippen molar-refractivity contribution < 1.29 is 14.3 Å². The number of ether oxygens (including phenoxy) is 1. The van der Waals surface area contributed by atoms with E-state index in [0.29, 0.717) is 19.4 Å². The van der Waals surface area contributed by atoms with E-state index in [4.69, 9.17) is 4.74 Å². The summed E-state index contributed by atoms with van der Waals surface area (Å²) in [5, 5.41) is 0. The Bertz CT molecular complexity index is 792. The second-order valence-corrected chi connectivity index (χ2v) is 8.36. The lowest BCUT2D eigenvalue weighted by atomic mass is 10.1. The van der Waals surface area contributed by atoms with E-state index in [1.807, 2.05) is 43.0 Å². The molecule has 150 valence electrons. The Kier molecular flexibility index (Phi) is 7.23. The van der Waals surface area contributed by atoms with Crippen LogP contribution in [0.4, 0.5) is 0 Å². The van der Waals surface area contributed by atoms with Crippen molar-refractivity contribution >= 4 is 23.0 Å². The normalized spacial score (nSPS) is 14.9. The Morgan fingerprint density at radius 3 is 2.32 bits per heavy atom. The van der Waals surface area contributed by atoms with Gasteiger partial charge >= 0.3 is 0 Å². The molecule has 1 aliphatic rings. The van der Waals surface area contributed by atoms with E-state index in [0.717, 1.165) is 48.2 Å². The van der Waals surface area contributed by atoms with Crippen molar-refractivity contribution in [3.8, 4) is 5.75 Å². The monoisotopic (exact) mass is 400 g/mol. The molecule has 2 aromatic rings. The fraction of sp³-hybridized carbons (Fsp3) is 0.455. The number of carbonyl (C=O) groups excluding carboxylic acids is 2. The number of hydrogen-bond donors (Lipinski definition) is 0. The lowest BCUT2D eigenvalue weighted by Gasteiger charge is -2.34. The highest BCUT2D eigenvalue weighted by Crippen LogP contribution is 2.18. The van der Waals surface area contributed by atoms with E-state index >= 15 is 0 Å². The molecule has 1 aromatic heterocycles. The van der Waals surface area contributed by atoms with Crippen LogP contribution in [-0.4, -0.2) is 54.3 Å². The van der Waals surface area contributed by atoms with E-state index in [1.165, 1.54) is 16.9 Å². The molecule has 0 aliphatic carbocycles. The molecule has 1 aromatic carbocycles. The molecule has 6 heteroatoms. The third-order valence-electron chi connectivity index (χ3n) is 4.95. The summed E-state index contributed by atoms with van der Waals surface area (Å²) in [6.07, 6.45) is 0.597. The van der Waals surface area contributed by atoms with Crippen LogP contribution in [0.3, 0.4) is 0 Å². The van der Waals surface area contributed by atoms with E-state index in [2.05, 4.69) is 17.0 Å². The molecule has 1 saturated heterocycles. The molecule has 1 amide bonds. The molecule has 0 unspecified atom stereocenters. The maximum absolute atomic E-state index is 12.4. The van der Waals surface area contributed by atoms with Crippen LogP contribution < -0.4 is 4.74 Å². The zero-order valence-corrected chi connectivity index (χ0v) is 17.5. The van der Waals surface area contributed by atoms with Crippen LogP contribution in [0.1, 0.15) is 39.9 Å². The van der Waals surface area contributed by atoms with Crippen molar-refractivity contribution in [3.63, 3.8) is 0 Å². The Balaban J connectivity index is 1.40. The largest absolute Gasteiger partial charge is 0.494 e. The molecule has 3 rings (SSSR count). The van der Waals surface area contributed by atoms with Crippen LogP contribution in [0.15, 0.2) is 36.4 Å². The average molecular weight is 401 g/mol. The average Bonchev–Trinajstić information content (AvgIpc) is 3.14. The summed E-state index contributed by atoms with van der Waals surface area (Å²) >= 11 is 1.50. The van der Waals surface area contributed by atoms with Gasteiger partial charge in [0.25, 0.3) is 0 Å². The van der Waals surface area contributed by atoms with Gasteiger partial charge in [-0.1, -0.05) is 12.1 Å². The predicted molar refractivity (Wildman–Crippen MR) is 112 cm³/mol. The van der Waals surface area contributed by atoms with Gasteiger partial charge in [-0.05, 0) is 43.7 Å². The van der Waals surface area contributed by atoms with Crippen LogP contribution in [-0.2, 0) is 11.3 Å². The van der Waals surface area contributed by atoms with Crippen LogP contribution in [0, 0.1) is 6.92 Å².